The van der Waals surface area contributed by atoms with Gasteiger partial charge in [-0.2, -0.15) is 6.08 Å². The normalized spacial score (nSPS) is 14.2. The van der Waals surface area contributed by atoms with Crippen LogP contribution in [0.2, 0.25) is 13.1 Å². The Morgan fingerprint density at radius 3 is 1.65 bits per heavy atom. The van der Waals surface area contributed by atoms with Gasteiger partial charge in [-0.15, -0.1) is 64.6 Å². The Morgan fingerprint density at radius 2 is 1.35 bits per heavy atom. The Kier molecular flexibility index (Phi) is 12.5. The number of hydrogen-bond acceptors (Lipinski definition) is 0. The molecule has 3 aromatic rings. The van der Waals surface area contributed by atoms with Gasteiger partial charge >= 0.3 is 41.9 Å². The van der Waals surface area contributed by atoms with E-state index in [1.54, 1.807) is 23.3 Å². The van der Waals surface area contributed by atoms with Gasteiger partial charge in [0.1, 0.15) is 0 Å². The van der Waals surface area contributed by atoms with Crippen molar-refractivity contribution in [2.75, 3.05) is 0 Å². The van der Waals surface area contributed by atoms with E-state index < -0.39 is 0 Å². The third-order valence-corrected chi connectivity index (χ3v) is 3.61. The van der Waals surface area contributed by atoms with E-state index in [0.717, 1.165) is 0 Å². The van der Waals surface area contributed by atoms with Crippen LogP contribution in [0.15, 0.2) is 72.3 Å². The van der Waals surface area contributed by atoms with E-state index in [4.69, 9.17) is 0 Å². The average molecular weight is 481 g/mol. The van der Waals surface area contributed by atoms with E-state index in [9.17, 15) is 0 Å². The number of fused-ring (bicyclic) bond motifs is 3. The molecular weight excluding hydrogens is 454 g/mol. The maximum atomic E-state index is 3.22. The first-order chi connectivity index (χ1) is 11.5. The monoisotopic (exact) mass is 478 g/mol. The number of hydrogen-bond donors (Lipinski definition) is 0. The minimum absolute atomic E-state index is 0. The summed E-state index contributed by atoms with van der Waals surface area (Å²) < 4.78 is 0. The van der Waals surface area contributed by atoms with Gasteiger partial charge in [-0.1, -0.05) is 56.2 Å². The third kappa shape index (κ3) is 8.01. The summed E-state index contributed by atoms with van der Waals surface area (Å²) in [5.74, 6) is 0.556. The van der Waals surface area contributed by atoms with Gasteiger partial charge < -0.3 is 0 Å². The van der Waals surface area contributed by atoms with Crippen LogP contribution in [0.1, 0.15) is 13.8 Å². The van der Waals surface area contributed by atoms with Crippen LogP contribution in [-0.4, -0.2) is 5.43 Å². The smallest absolute Gasteiger partial charge is 0.0771 e. The van der Waals surface area contributed by atoms with E-state index in [-0.39, 0.29) is 30.2 Å². The topological polar surface area (TPSA) is 0 Å². The molecule has 1 aliphatic carbocycles. The first-order valence-electron chi connectivity index (χ1n) is 8.30. The van der Waals surface area contributed by atoms with Gasteiger partial charge in [0.15, 0.2) is 0 Å². The van der Waals surface area contributed by atoms with Gasteiger partial charge in [-0.25, -0.2) is 11.6 Å². The first kappa shape index (κ1) is 25.5. The quantitative estimate of drug-likeness (QED) is 0.234. The van der Waals surface area contributed by atoms with Gasteiger partial charge in [0.05, 0.1) is 0 Å². The number of benzene rings is 2. The summed E-state index contributed by atoms with van der Waals surface area (Å²) in [5, 5.41) is 5.39. The molecule has 0 aliphatic heterocycles. The molecule has 0 radical (unpaired) electrons. The molecule has 1 atom stereocenters. The summed E-state index contributed by atoms with van der Waals surface area (Å²) >= 11 is 1.74. The summed E-state index contributed by atoms with van der Waals surface area (Å²) in [7, 11) is 0. The van der Waals surface area contributed by atoms with Crippen molar-refractivity contribution in [3.8, 4) is 0 Å². The van der Waals surface area contributed by atoms with E-state index in [2.05, 4.69) is 99.8 Å². The van der Waals surface area contributed by atoms with Crippen LogP contribution in [0.25, 0.3) is 21.5 Å². The second-order valence-corrected chi connectivity index (χ2v) is 15.7. The fourth-order valence-corrected chi connectivity index (χ4v) is 2.65. The van der Waals surface area contributed by atoms with Crippen molar-refractivity contribution in [3.05, 3.63) is 78.4 Å². The van der Waals surface area contributed by atoms with Gasteiger partial charge in [-0.3, -0.25) is 6.08 Å². The molecule has 0 saturated heterocycles. The zero-order valence-electron chi connectivity index (χ0n) is 15.7. The summed E-state index contributed by atoms with van der Waals surface area (Å²) in [5.41, 5.74) is 1.48. The van der Waals surface area contributed by atoms with Crippen LogP contribution >= 0.6 is 24.8 Å². The second kappa shape index (κ2) is 12.8. The average Bonchev–Trinajstić information content (AvgIpc) is 3.10. The second-order valence-electron chi connectivity index (χ2n) is 6.29. The van der Waals surface area contributed by atoms with E-state index in [1.165, 1.54) is 27.1 Å². The molecule has 0 spiro atoms. The summed E-state index contributed by atoms with van der Waals surface area (Å²) in [6.45, 7) is 8.82. The minimum Gasteiger partial charge on any atom is -0.147 e. The molecule has 0 amide bonds. The van der Waals surface area contributed by atoms with Crippen LogP contribution in [0, 0.1) is 12.0 Å². The molecule has 1 aliphatic rings. The fourth-order valence-electron chi connectivity index (χ4n) is 2.65. The molecule has 3 aromatic carbocycles. The van der Waals surface area contributed by atoms with Crippen LogP contribution in [0.4, 0.5) is 0 Å². The van der Waals surface area contributed by atoms with Crippen LogP contribution in [0.5, 0.6) is 0 Å². The molecule has 1 unspecified atom stereocenters. The third-order valence-electron chi connectivity index (χ3n) is 3.61. The van der Waals surface area contributed by atoms with Crippen LogP contribution < -0.4 is 0 Å². The van der Waals surface area contributed by atoms with Gasteiger partial charge in [0.2, 0.25) is 0 Å². The standard InChI is InChI=1S/C13H9.C7H9.C2H6Si.2ClH.Zr/c1-3-7-12-10(5-1)9-11-6-2-4-8-13(11)12;1-6-3-4-7(2)5-6;1-3-2;;;/h1-9H;3-4,6H,1-2H3;1-2H3;2*1H;/q2*-1;;;;+2. The Bertz CT molecular complexity index is 839. The number of halogens is 2. The molecule has 0 heterocycles. The van der Waals surface area contributed by atoms with Crippen molar-refractivity contribution in [1.82, 2.24) is 0 Å². The van der Waals surface area contributed by atoms with E-state index >= 15 is 0 Å². The molecule has 0 bridgehead atoms. The Balaban J connectivity index is 0.000000415. The largest absolute Gasteiger partial charge is 0.147 e. The van der Waals surface area contributed by atoms with Crippen molar-refractivity contribution in [2.45, 2.75) is 26.9 Å². The molecule has 4 rings (SSSR count). The van der Waals surface area contributed by atoms with Crippen LogP contribution in [-0.2, 0) is 23.3 Å². The molecule has 4 heteroatoms. The predicted molar refractivity (Wildman–Crippen MR) is 120 cm³/mol. The summed E-state index contributed by atoms with van der Waals surface area (Å²) in [6, 6.07) is 19.3. The Hall–Kier alpha value is -0.530. The van der Waals surface area contributed by atoms with E-state index in [0.29, 0.717) is 5.92 Å². The molecule has 0 fully saturated rings. The number of allylic oxidation sites excluding steroid dienone is 4. The molecule has 136 valence electrons. The predicted octanol–water partition coefficient (Wildman–Crippen LogP) is 7.28. The summed E-state index contributed by atoms with van der Waals surface area (Å²) in [4.78, 5) is 0. The molecule has 0 N–H and O–H groups in total. The van der Waals surface area contributed by atoms with Gasteiger partial charge in [-0.05, 0) is 0 Å². The SMILES string of the molecule is CC1=[C-]C(C)C=C1.C[Si](C)=[Zr+2].Cl.Cl.c1ccc2c(c1)[cH-]c1ccccc12. The van der Waals surface area contributed by atoms with Crippen molar-refractivity contribution in [1.29, 1.82) is 0 Å². The maximum Gasteiger partial charge on any atom is -0.0771 e. The Morgan fingerprint density at radius 1 is 0.923 bits per heavy atom. The van der Waals surface area contributed by atoms with Gasteiger partial charge in [0.25, 0.3) is 0 Å². The van der Waals surface area contributed by atoms with Gasteiger partial charge in [0, 0.05) is 0 Å². The van der Waals surface area contributed by atoms with Crippen molar-refractivity contribution in [2.24, 2.45) is 5.92 Å². The fraction of sp³-hybridized carbons (Fsp3) is 0.227. The molecule has 0 aromatic heterocycles. The van der Waals surface area contributed by atoms with Crippen molar-refractivity contribution >= 4 is 51.8 Å². The summed E-state index contributed by atoms with van der Waals surface area (Å²) in [6.07, 6.45) is 7.47. The maximum absolute atomic E-state index is 3.22. The molecule has 0 nitrogen and oxygen atoms in total. The minimum atomic E-state index is 0. The van der Waals surface area contributed by atoms with E-state index in [1.807, 2.05) is 0 Å². The van der Waals surface area contributed by atoms with Crippen LogP contribution in [0.3, 0.4) is 0 Å². The number of rotatable bonds is 0. The zero-order chi connectivity index (χ0) is 17.5. The Labute approximate surface area is 185 Å². The molecular formula is C22H26Cl2SiZr. The van der Waals surface area contributed by atoms with Crippen molar-refractivity contribution < 1.29 is 23.3 Å². The first-order valence-corrected chi connectivity index (χ1v) is 14.5. The molecule has 0 saturated carbocycles. The van der Waals surface area contributed by atoms with Crippen molar-refractivity contribution in [3.63, 3.8) is 0 Å². The molecule has 26 heavy (non-hydrogen) atoms. The zero-order valence-corrected chi connectivity index (χ0v) is 20.8.